The van der Waals surface area contributed by atoms with Crippen LogP contribution >= 0.6 is 43.2 Å². The number of pyridine rings is 1. The molecule has 2 aromatic heterocycles. The highest BCUT2D eigenvalue weighted by Crippen LogP contribution is 2.28. The van der Waals surface area contributed by atoms with Crippen LogP contribution in [0, 0.1) is 0 Å². The molecular formula is C14H16Br2N2S. The van der Waals surface area contributed by atoms with E-state index >= 15 is 0 Å². The summed E-state index contributed by atoms with van der Waals surface area (Å²) in [7, 11) is 0. The van der Waals surface area contributed by atoms with Gasteiger partial charge in [0.05, 0.1) is 11.7 Å². The third kappa shape index (κ3) is 4.38. The molecule has 0 aliphatic carbocycles. The Bertz CT molecular complexity index is 528. The van der Waals surface area contributed by atoms with Gasteiger partial charge in [-0.3, -0.25) is 4.98 Å². The molecule has 0 radical (unpaired) electrons. The summed E-state index contributed by atoms with van der Waals surface area (Å²) in [5.74, 6) is 0. The second-order valence-corrected chi connectivity index (χ2v) is 7.08. The van der Waals surface area contributed by atoms with Crippen LogP contribution in [0.3, 0.4) is 0 Å². The summed E-state index contributed by atoms with van der Waals surface area (Å²) in [5.41, 5.74) is 1.08. The van der Waals surface area contributed by atoms with Crippen LogP contribution in [-0.2, 0) is 6.42 Å². The molecule has 2 heterocycles. The lowest BCUT2D eigenvalue weighted by molar-refractivity contribution is 0.519. The molecule has 0 saturated carbocycles. The molecule has 1 unspecified atom stereocenters. The quantitative estimate of drug-likeness (QED) is 0.737. The molecule has 102 valence electrons. The topological polar surface area (TPSA) is 24.9 Å². The average molecular weight is 404 g/mol. The van der Waals surface area contributed by atoms with Crippen LogP contribution in [-0.4, -0.2) is 11.5 Å². The van der Waals surface area contributed by atoms with E-state index in [9.17, 15) is 0 Å². The van der Waals surface area contributed by atoms with Gasteiger partial charge >= 0.3 is 0 Å². The number of rotatable bonds is 6. The Kier molecular flexibility index (Phi) is 6.01. The van der Waals surface area contributed by atoms with Crippen molar-refractivity contribution in [3.8, 4) is 0 Å². The van der Waals surface area contributed by atoms with Gasteiger partial charge in [-0.05, 0) is 63.0 Å². The van der Waals surface area contributed by atoms with Gasteiger partial charge in [-0.15, -0.1) is 11.3 Å². The van der Waals surface area contributed by atoms with Crippen molar-refractivity contribution in [2.45, 2.75) is 25.8 Å². The van der Waals surface area contributed by atoms with Crippen molar-refractivity contribution in [2.75, 3.05) is 6.54 Å². The number of thiophene rings is 1. The van der Waals surface area contributed by atoms with Crippen molar-refractivity contribution in [3.63, 3.8) is 0 Å². The highest BCUT2D eigenvalue weighted by Gasteiger charge is 2.16. The van der Waals surface area contributed by atoms with Gasteiger partial charge in [0.15, 0.2) is 0 Å². The molecule has 0 aliphatic heterocycles. The maximum absolute atomic E-state index is 4.52. The van der Waals surface area contributed by atoms with E-state index in [-0.39, 0.29) is 6.04 Å². The summed E-state index contributed by atoms with van der Waals surface area (Å²) in [4.78, 5) is 5.88. The molecule has 1 N–H and O–H groups in total. The minimum Gasteiger partial charge on any atom is -0.308 e. The molecule has 0 amide bonds. The van der Waals surface area contributed by atoms with E-state index in [4.69, 9.17) is 0 Å². The van der Waals surface area contributed by atoms with Crippen LogP contribution in [0.4, 0.5) is 0 Å². The zero-order valence-electron chi connectivity index (χ0n) is 10.7. The first kappa shape index (κ1) is 15.2. The first-order valence-corrected chi connectivity index (χ1v) is 8.74. The van der Waals surface area contributed by atoms with Crippen molar-refractivity contribution >= 4 is 43.2 Å². The largest absolute Gasteiger partial charge is 0.308 e. The molecule has 0 saturated heterocycles. The first-order valence-electron chi connectivity index (χ1n) is 6.27. The zero-order chi connectivity index (χ0) is 13.7. The molecule has 1 atom stereocenters. The van der Waals surface area contributed by atoms with Crippen LogP contribution < -0.4 is 5.32 Å². The number of nitrogens with one attached hydrogen (secondary N) is 1. The Labute approximate surface area is 134 Å². The molecule has 0 aromatic carbocycles. The lowest BCUT2D eigenvalue weighted by atomic mass is 10.1. The van der Waals surface area contributed by atoms with Crippen LogP contribution in [0.15, 0.2) is 38.7 Å². The van der Waals surface area contributed by atoms with E-state index < -0.39 is 0 Å². The van der Waals surface area contributed by atoms with Crippen LogP contribution in [0.1, 0.15) is 30.0 Å². The van der Waals surface area contributed by atoms with E-state index in [0.717, 1.165) is 34.0 Å². The fraction of sp³-hybridized carbons (Fsp3) is 0.357. The van der Waals surface area contributed by atoms with Gasteiger partial charge in [-0.25, -0.2) is 0 Å². The second-order valence-electron chi connectivity index (χ2n) is 4.31. The van der Waals surface area contributed by atoms with Crippen molar-refractivity contribution < 1.29 is 0 Å². The summed E-state index contributed by atoms with van der Waals surface area (Å²) in [6.07, 6.45) is 3.94. The maximum atomic E-state index is 4.52. The van der Waals surface area contributed by atoms with Gasteiger partial charge in [-0.2, -0.15) is 0 Å². The first-order chi connectivity index (χ1) is 9.20. The monoisotopic (exact) mass is 402 g/mol. The van der Waals surface area contributed by atoms with Gasteiger partial charge in [-0.1, -0.05) is 6.92 Å². The number of hydrogen-bond acceptors (Lipinski definition) is 3. The van der Waals surface area contributed by atoms with Gasteiger partial charge in [0, 0.05) is 31.8 Å². The highest BCUT2D eigenvalue weighted by atomic mass is 79.9. The Morgan fingerprint density at radius 3 is 2.89 bits per heavy atom. The number of nitrogens with zero attached hydrogens (tertiary/aromatic N) is 1. The van der Waals surface area contributed by atoms with Crippen LogP contribution in [0.2, 0.25) is 0 Å². The molecule has 2 aromatic rings. The molecule has 0 aliphatic rings. The number of aromatic nitrogens is 1. The molecule has 2 nitrogen and oxygen atoms in total. The summed E-state index contributed by atoms with van der Waals surface area (Å²) in [5, 5.41) is 5.71. The summed E-state index contributed by atoms with van der Waals surface area (Å²) < 4.78 is 2.22. The van der Waals surface area contributed by atoms with Gasteiger partial charge in [0.2, 0.25) is 0 Å². The highest BCUT2D eigenvalue weighted by molar-refractivity contribution is 9.10. The van der Waals surface area contributed by atoms with Gasteiger partial charge in [0.25, 0.3) is 0 Å². The van der Waals surface area contributed by atoms with E-state index in [1.54, 1.807) is 11.3 Å². The number of hydrogen-bond donors (Lipinski definition) is 1. The van der Waals surface area contributed by atoms with Crippen molar-refractivity contribution in [1.29, 1.82) is 0 Å². The van der Waals surface area contributed by atoms with E-state index in [0.29, 0.717) is 0 Å². The Morgan fingerprint density at radius 1 is 1.42 bits per heavy atom. The summed E-state index contributed by atoms with van der Waals surface area (Å²) in [6.45, 7) is 3.18. The molecule has 2 rings (SSSR count). The minimum absolute atomic E-state index is 0.251. The second kappa shape index (κ2) is 7.53. The fourth-order valence-corrected chi connectivity index (χ4v) is 3.93. The smallest absolute Gasteiger partial charge is 0.0718 e. The molecule has 0 spiro atoms. The normalized spacial score (nSPS) is 12.6. The Hall–Kier alpha value is -0.230. The van der Waals surface area contributed by atoms with Crippen molar-refractivity contribution in [2.24, 2.45) is 0 Å². The summed E-state index contributed by atoms with van der Waals surface area (Å²) in [6, 6.07) is 6.43. The Morgan fingerprint density at radius 2 is 2.26 bits per heavy atom. The Balaban J connectivity index is 2.18. The molecule has 0 fully saturated rings. The van der Waals surface area contributed by atoms with Gasteiger partial charge < -0.3 is 5.32 Å². The SMILES string of the molecule is CCCNC(Cc1cc(Br)cs1)c1ncccc1Br. The molecule has 5 heteroatoms. The zero-order valence-corrected chi connectivity index (χ0v) is 14.7. The predicted molar refractivity (Wildman–Crippen MR) is 88.7 cm³/mol. The molecule has 19 heavy (non-hydrogen) atoms. The lowest BCUT2D eigenvalue weighted by Gasteiger charge is -2.18. The van der Waals surface area contributed by atoms with E-state index in [2.05, 4.69) is 60.5 Å². The van der Waals surface area contributed by atoms with Crippen LogP contribution in [0.25, 0.3) is 0 Å². The predicted octanol–water partition coefficient (Wildman–Crippen LogP) is 4.95. The van der Waals surface area contributed by atoms with Crippen LogP contribution in [0.5, 0.6) is 0 Å². The molecule has 0 bridgehead atoms. The van der Waals surface area contributed by atoms with E-state index in [1.807, 2.05) is 18.3 Å². The summed E-state index contributed by atoms with van der Waals surface area (Å²) >= 11 is 8.89. The fourth-order valence-electron chi connectivity index (χ4n) is 1.90. The van der Waals surface area contributed by atoms with Crippen molar-refractivity contribution in [3.05, 3.63) is 49.3 Å². The third-order valence-electron chi connectivity index (χ3n) is 2.78. The third-order valence-corrected chi connectivity index (χ3v) is 5.18. The molecular weight excluding hydrogens is 388 g/mol. The lowest BCUT2D eigenvalue weighted by Crippen LogP contribution is -2.25. The standard InChI is InChI=1S/C14H16Br2N2S/c1-2-5-17-13(8-11-7-10(15)9-19-11)14-12(16)4-3-6-18-14/h3-4,6-7,9,13,17H,2,5,8H2,1H3. The number of halogens is 2. The average Bonchev–Trinajstić information content (AvgIpc) is 2.81. The minimum atomic E-state index is 0.251. The van der Waals surface area contributed by atoms with Crippen molar-refractivity contribution in [1.82, 2.24) is 10.3 Å². The van der Waals surface area contributed by atoms with E-state index in [1.165, 1.54) is 4.88 Å². The maximum Gasteiger partial charge on any atom is 0.0718 e. The van der Waals surface area contributed by atoms with Gasteiger partial charge in [0.1, 0.15) is 0 Å².